The molecule has 2 aromatic carbocycles. The van der Waals surface area contributed by atoms with E-state index in [4.69, 9.17) is 16.3 Å². The normalized spacial score (nSPS) is 17.4. The van der Waals surface area contributed by atoms with E-state index >= 15 is 0 Å². The lowest BCUT2D eigenvalue weighted by molar-refractivity contribution is -0.136. The highest BCUT2D eigenvalue weighted by Gasteiger charge is 2.26. The van der Waals surface area contributed by atoms with Crippen LogP contribution in [0.3, 0.4) is 0 Å². The Morgan fingerprint density at radius 2 is 1.88 bits per heavy atom. The Morgan fingerprint density at radius 3 is 2.66 bits per heavy atom. The van der Waals surface area contributed by atoms with Crippen LogP contribution in [0.25, 0.3) is 0 Å². The monoisotopic (exact) mass is 456 g/mol. The van der Waals surface area contributed by atoms with Crippen LogP contribution in [0, 0.1) is 0 Å². The zero-order valence-electron chi connectivity index (χ0n) is 18.3. The molecule has 32 heavy (non-hydrogen) atoms. The van der Waals surface area contributed by atoms with Crippen LogP contribution < -0.4 is 15.5 Å². The molecule has 1 unspecified atom stereocenters. The first kappa shape index (κ1) is 22.6. The average Bonchev–Trinajstić information content (AvgIpc) is 2.81. The van der Waals surface area contributed by atoms with E-state index in [1.54, 1.807) is 24.3 Å². The summed E-state index contributed by atoms with van der Waals surface area (Å²) >= 11 is 6.08. The van der Waals surface area contributed by atoms with Gasteiger partial charge < -0.3 is 20.3 Å². The molecule has 2 aliphatic heterocycles. The highest BCUT2D eigenvalue weighted by Crippen LogP contribution is 2.31. The molecule has 0 radical (unpaired) electrons. The summed E-state index contributed by atoms with van der Waals surface area (Å²) in [6.07, 6.45) is 2.18. The minimum absolute atomic E-state index is 0.0338. The van der Waals surface area contributed by atoms with Crippen LogP contribution in [0.1, 0.15) is 23.6 Å². The number of carbonyl (C=O) groups excluding carboxylic acids is 2. The topological polar surface area (TPSA) is 73.9 Å². The van der Waals surface area contributed by atoms with Gasteiger partial charge in [0.2, 0.25) is 0 Å². The molecular formula is C24H29ClN4O3. The molecule has 0 saturated carbocycles. The lowest BCUT2D eigenvalue weighted by atomic mass is 9.95. The molecule has 2 aromatic rings. The number of para-hydroxylation sites is 1. The summed E-state index contributed by atoms with van der Waals surface area (Å²) in [5.74, 6) is -1.41. The molecule has 2 aliphatic rings. The molecule has 8 heteroatoms. The van der Waals surface area contributed by atoms with E-state index in [0.717, 1.165) is 38.0 Å². The standard InChI is InChI=1S/C24H29ClN4O3/c1-28-10-4-5-17-15-18(8-9-21(17)28)22(29-11-13-32-14-12-29)16-26-23(30)24(31)27-20-7-3-2-6-19(20)25/h2-3,6-9,15,22H,4-5,10-14,16H2,1H3,(H,26,30)(H,27,31). The maximum absolute atomic E-state index is 12.5. The van der Waals surface area contributed by atoms with Gasteiger partial charge in [-0.05, 0) is 42.2 Å². The van der Waals surface area contributed by atoms with Crippen LogP contribution in [0.2, 0.25) is 5.02 Å². The Hall–Kier alpha value is -2.61. The highest BCUT2D eigenvalue weighted by molar-refractivity contribution is 6.41. The van der Waals surface area contributed by atoms with Crippen molar-refractivity contribution in [2.24, 2.45) is 0 Å². The predicted octanol–water partition coefficient (Wildman–Crippen LogP) is 2.85. The van der Waals surface area contributed by atoms with Crippen LogP contribution in [0.4, 0.5) is 11.4 Å². The zero-order chi connectivity index (χ0) is 22.5. The first-order chi connectivity index (χ1) is 15.5. The van der Waals surface area contributed by atoms with Gasteiger partial charge in [-0.1, -0.05) is 35.9 Å². The van der Waals surface area contributed by atoms with Crippen LogP contribution >= 0.6 is 11.6 Å². The van der Waals surface area contributed by atoms with Crippen molar-refractivity contribution in [1.82, 2.24) is 10.2 Å². The van der Waals surface area contributed by atoms with E-state index in [-0.39, 0.29) is 6.04 Å². The largest absolute Gasteiger partial charge is 0.379 e. The third-order valence-corrected chi connectivity index (χ3v) is 6.44. The molecule has 7 nitrogen and oxygen atoms in total. The number of anilines is 2. The third kappa shape index (κ3) is 5.23. The third-order valence-electron chi connectivity index (χ3n) is 6.11. The average molecular weight is 457 g/mol. The second kappa shape index (κ2) is 10.3. The van der Waals surface area contributed by atoms with Gasteiger partial charge in [0.05, 0.1) is 30.0 Å². The van der Waals surface area contributed by atoms with Gasteiger partial charge in [0.1, 0.15) is 0 Å². The number of halogens is 1. The van der Waals surface area contributed by atoms with Crippen molar-refractivity contribution in [3.8, 4) is 0 Å². The molecule has 0 spiro atoms. The van der Waals surface area contributed by atoms with E-state index in [2.05, 4.69) is 45.7 Å². The maximum Gasteiger partial charge on any atom is 0.313 e. The number of carbonyl (C=O) groups is 2. The van der Waals surface area contributed by atoms with Crippen molar-refractivity contribution in [3.63, 3.8) is 0 Å². The fraction of sp³-hybridized carbons (Fsp3) is 0.417. The number of fused-ring (bicyclic) bond motifs is 1. The molecule has 2 N–H and O–H groups in total. The Balaban J connectivity index is 1.47. The van der Waals surface area contributed by atoms with Crippen molar-refractivity contribution < 1.29 is 14.3 Å². The second-order valence-electron chi connectivity index (χ2n) is 8.22. The minimum atomic E-state index is -0.731. The van der Waals surface area contributed by atoms with Gasteiger partial charge in [-0.2, -0.15) is 0 Å². The Bertz CT molecular complexity index is 977. The van der Waals surface area contributed by atoms with Gasteiger partial charge >= 0.3 is 11.8 Å². The van der Waals surface area contributed by atoms with Gasteiger partial charge in [0, 0.05) is 38.9 Å². The maximum atomic E-state index is 12.5. The fourth-order valence-electron chi connectivity index (χ4n) is 4.37. The lowest BCUT2D eigenvalue weighted by Gasteiger charge is -2.36. The number of benzene rings is 2. The molecule has 0 aromatic heterocycles. The van der Waals surface area contributed by atoms with E-state index in [1.807, 2.05) is 0 Å². The summed E-state index contributed by atoms with van der Waals surface area (Å²) in [6.45, 7) is 4.28. The number of hydrogen-bond acceptors (Lipinski definition) is 5. The summed E-state index contributed by atoms with van der Waals surface area (Å²) in [5.41, 5.74) is 4.16. The first-order valence-corrected chi connectivity index (χ1v) is 11.4. The molecule has 2 amide bonds. The van der Waals surface area contributed by atoms with Crippen LogP contribution in [-0.2, 0) is 20.7 Å². The first-order valence-electron chi connectivity index (χ1n) is 11.0. The summed E-state index contributed by atoms with van der Waals surface area (Å²) in [4.78, 5) is 29.5. The van der Waals surface area contributed by atoms with Gasteiger partial charge in [0.15, 0.2) is 0 Å². The summed E-state index contributed by atoms with van der Waals surface area (Å²) < 4.78 is 5.52. The summed E-state index contributed by atoms with van der Waals surface area (Å²) in [7, 11) is 2.12. The molecule has 2 heterocycles. The van der Waals surface area contributed by atoms with E-state index in [0.29, 0.717) is 30.5 Å². The van der Waals surface area contributed by atoms with Crippen molar-refractivity contribution in [2.75, 3.05) is 56.7 Å². The zero-order valence-corrected chi connectivity index (χ0v) is 19.0. The van der Waals surface area contributed by atoms with Crippen LogP contribution in [0.15, 0.2) is 42.5 Å². The quantitative estimate of drug-likeness (QED) is 0.677. The molecule has 1 saturated heterocycles. The van der Waals surface area contributed by atoms with Crippen LogP contribution in [-0.4, -0.2) is 63.2 Å². The number of rotatable bonds is 5. The molecule has 1 fully saturated rings. The molecule has 4 rings (SSSR count). The Morgan fingerprint density at radius 1 is 1.09 bits per heavy atom. The number of ether oxygens (including phenoxy) is 1. The van der Waals surface area contributed by atoms with Gasteiger partial charge in [-0.25, -0.2) is 0 Å². The Kier molecular flexibility index (Phi) is 7.29. The molecule has 1 atom stereocenters. The molecule has 0 aliphatic carbocycles. The van der Waals surface area contributed by atoms with Crippen molar-refractivity contribution in [1.29, 1.82) is 0 Å². The van der Waals surface area contributed by atoms with E-state index in [1.165, 1.54) is 11.3 Å². The number of aryl methyl sites for hydroxylation is 1. The molecular weight excluding hydrogens is 428 g/mol. The minimum Gasteiger partial charge on any atom is -0.379 e. The predicted molar refractivity (Wildman–Crippen MR) is 126 cm³/mol. The number of amides is 2. The smallest absolute Gasteiger partial charge is 0.313 e. The van der Waals surface area contributed by atoms with Gasteiger partial charge in [-0.3, -0.25) is 14.5 Å². The summed E-state index contributed by atoms with van der Waals surface area (Å²) in [6, 6.07) is 13.4. The number of nitrogens with zero attached hydrogens (tertiary/aromatic N) is 2. The SMILES string of the molecule is CN1CCCc2cc(C(CNC(=O)C(=O)Nc3ccccc3Cl)N3CCOCC3)ccc21. The van der Waals surface area contributed by atoms with E-state index < -0.39 is 11.8 Å². The lowest BCUT2D eigenvalue weighted by Crippen LogP contribution is -2.45. The second-order valence-corrected chi connectivity index (χ2v) is 8.63. The number of nitrogens with one attached hydrogen (secondary N) is 2. The molecule has 170 valence electrons. The number of hydrogen-bond donors (Lipinski definition) is 2. The van der Waals surface area contributed by atoms with Crippen molar-refractivity contribution in [2.45, 2.75) is 18.9 Å². The van der Waals surface area contributed by atoms with Crippen molar-refractivity contribution in [3.05, 3.63) is 58.6 Å². The van der Waals surface area contributed by atoms with Crippen molar-refractivity contribution >= 4 is 34.8 Å². The van der Waals surface area contributed by atoms with E-state index in [9.17, 15) is 9.59 Å². The van der Waals surface area contributed by atoms with Gasteiger partial charge in [0.25, 0.3) is 0 Å². The molecule has 0 bridgehead atoms. The highest BCUT2D eigenvalue weighted by atomic mass is 35.5. The van der Waals surface area contributed by atoms with Crippen LogP contribution in [0.5, 0.6) is 0 Å². The number of morpholine rings is 1. The van der Waals surface area contributed by atoms with Gasteiger partial charge in [-0.15, -0.1) is 0 Å². The fourth-order valence-corrected chi connectivity index (χ4v) is 4.55. The summed E-state index contributed by atoms with van der Waals surface area (Å²) in [5, 5.41) is 5.78. The Labute approximate surface area is 193 Å².